The van der Waals surface area contributed by atoms with E-state index in [0.717, 1.165) is 37.6 Å². The predicted molar refractivity (Wildman–Crippen MR) is 101 cm³/mol. The maximum atomic E-state index is 12.4. The minimum Gasteiger partial charge on any atom is -0.353 e. The number of amides is 1. The number of aromatic nitrogens is 1. The summed E-state index contributed by atoms with van der Waals surface area (Å²) in [5.41, 5.74) is 1.08. The maximum absolute atomic E-state index is 12.4. The molecule has 2 heterocycles. The third-order valence-corrected chi connectivity index (χ3v) is 4.75. The lowest BCUT2D eigenvalue weighted by molar-refractivity contribution is -0.130. The SMILES string of the molecule is C[C@@H](NCC(=O)N1CCN(c2ccccn2)CC1)c1cccc(Cl)c1. The first-order valence-electron chi connectivity index (χ1n) is 8.56. The molecule has 1 amide bonds. The fourth-order valence-electron chi connectivity index (χ4n) is 2.97. The highest BCUT2D eigenvalue weighted by Gasteiger charge is 2.21. The van der Waals surface area contributed by atoms with Gasteiger partial charge in [0.15, 0.2) is 0 Å². The minimum atomic E-state index is 0.0810. The van der Waals surface area contributed by atoms with Gasteiger partial charge in [0, 0.05) is 43.4 Å². The van der Waals surface area contributed by atoms with Crippen molar-refractivity contribution in [2.75, 3.05) is 37.6 Å². The van der Waals surface area contributed by atoms with Gasteiger partial charge in [0.1, 0.15) is 5.82 Å². The molecule has 0 spiro atoms. The highest BCUT2D eigenvalue weighted by Crippen LogP contribution is 2.17. The van der Waals surface area contributed by atoms with Crippen LogP contribution in [-0.2, 0) is 4.79 Å². The number of carbonyl (C=O) groups excluding carboxylic acids is 1. The Balaban J connectivity index is 1.46. The lowest BCUT2D eigenvalue weighted by atomic mass is 10.1. The summed E-state index contributed by atoms with van der Waals surface area (Å²) in [5, 5.41) is 4.00. The summed E-state index contributed by atoms with van der Waals surface area (Å²) in [6.45, 7) is 5.44. The van der Waals surface area contributed by atoms with E-state index in [0.29, 0.717) is 11.6 Å². The van der Waals surface area contributed by atoms with Gasteiger partial charge in [-0.25, -0.2) is 4.98 Å². The van der Waals surface area contributed by atoms with Gasteiger partial charge in [-0.2, -0.15) is 0 Å². The van der Waals surface area contributed by atoms with Gasteiger partial charge in [0.2, 0.25) is 5.91 Å². The number of halogens is 1. The van der Waals surface area contributed by atoms with Gasteiger partial charge in [-0.15, -0.1) is 0 Å². The van der Waals surface area contributed by atoms with E-state index in [-0.39, 0.29) is 11.9 Å². The third-order valence-electron chi connectivity index (χ3n) is 4.51. The first-order valence-corrected chi connectivity index (χ1v) is 8.94. The lowest BCUT2D eigenvalue weighted by Gasteiger charge is -2.35. The monoisotopic (exact) mass is 358 g/mol. The van der Waals surface area contributed by atoms with E-state index in [1.807, 2.05) is 54.3 Å². The summed E-state index contributed by atoms with van der Waals surface area (Å²) in [6, 6.07) is 13.7. The Bertz CT molecular complexity index is 702. The Labute approximate surface area is 153 Å². The van der Waals surface area contributed by atoms with E-state index in [2.05, 4.69) is 15.2 Å². The molecule has 0 aliphatic carbocycles. The van der Waals surface area contributed by atoms with Crippen LogP contribution in [0.1, 0.15) is 18.5 Å². The van der Waals surface area contributed by atoms with E-state index < -0.39 is 0 Å². The standard InChI is InChI=1S/C19H23ClN4O/c1-15(16-5-4-6-17(20)13-16)22-14-19(25)24-11-9-23(10-12-24)18-7-2-3-8-21-18/h2-8,13,15,22H,9-12,14H2,1H3/t15-/m1/s1. The molecule has 1 atom stereocenters. The van der Waals surface area contributed by atoms with Crippen molar-refractivity contribution in [2.45, 2.75) is 13.0 Å². The molecule has 1 aromatic heterocycles. The summed E-state index contributed by atoms with van der Waals surface area (Å²) in [4.78, 5) is 20.9. The van der Waals surface area contributed by atoms with Crippen LogP contribution in [-0.4, -0.2) is 48.5 Å². The second-order valence-electron chi connectivity index (χ2n) is 6.21. The van der Waals surface area contributed by atoms with Crippen LogP contribution in [0.4, 0.5) is 5.82 Å². The van der Waals surface area contributed by atoms with E-state index in [4.69, 9.17) is 11.6 Å². The summed E-state index contributed by atoms with van der Waals surface area (Å²) >= 11 is 6.02. The number of carbonyl (C=O) groups is 1. The average Bonchev–Trinajstić information content (AvgIpc) is 2.66. The molecule has 1 aliphatic rings. The number of hydrogen-bond acceptors (Lipinski definition) is 4. The first-order chi connectivity index (χ1) is 12.1. The van der Waals surface area contributed by atoms with Gasteiger partial charge in [-0.3, -0.25) is 4.79 Å². The van der Waals surface area contributed by atoms with E-state index in [9.17, 15) is 4.79 Å². The number of rotatable bonds is 5. The molecule has 1 fully saturated rings. The third kappa shape index (κ3) is 4.71. The minimum absolute atomic E-state index is 0.0810. The maximum Gasteiger partial charge on any atom is 0.236 e. The molecule has 1 N–H and O–H groups in total. The molecule has 25 heavy (non-hydrogen) atoms. The lowest BCUT2D eigenvalue weighted by Crippen LogP contribution is -2.51. The zero-order valence-corrected chi connectivity index (χ0v) is 15.1. The first kappa shape index (κ1) is 17.7. The molecular formula is C19H23ClN4O. The van der Waals surface area contributed by atoms with Crippen molar-refractivity contribution in [1.82, 2.24) is 15.2 Å². The molecule has 132 valence electrons. The second kappa shape index (κ2) is 8.32. The molecule has 0 unspecified atom stereocenters. The highest BCUT2D eigenvalue weighted by atomic mass is 35.5. The number of hydrogen-bond donors (Lipinski definition) is 1. The highest BCUT2D eigenvalue weighted by molar-refractivity contribution is 6.30. The molecule has 1 aliphatic heterocycles. The van der Waals surface area contributed by atoms with Gasteiger partial charge in [0.05, 0.1) is 6.54 Å². The van der Waals surface area contributed by atoms with Crippen LogP contribution in [0.3, 0.4) is 0 Å². The van der Waals surface area contributed by atoms with E-state index >= 15 is 0 Å². The topological polar surface area (TPSA) is 48.5 Å². The van der Waals surface area contributed by atoms with E-state index in [1.54, 1.807) is 6.20 Å². The van der Waals surface area contributed by atoms with Gasteiger partial charge in [-0.05, 0) is 36.8 Å². The van der Waals surface area contributed by atoms with Crippen LogP contribution in [0.5, 0.6) is 0 Å². The van der Waals surface area contributed by atoms with Crippen molar-refractivity contribution in [3.8, 4) is 0 Å². The smallest absolute Gasteiger partial charge is 0.236 e. The quantitative estimate of drug-likeness (QED) is 0.892. The van der Waals surface area contributed by atoms with E-state index in [1.165, 1.54) is 0 Å². The fraction of sp³-hybridized carbons (Fsp3) is 0.368. The van der Waals surface area contributed by atoms with Crippen LogP contribution >= 0.6 is 11.6 Å². The Hall–Kier alpha value is -2.11. The number of piperazine rings is 1. The van der Waals surface area contributed by atoms with Crippen molar-refractivity contribution < 1.29 is 4.79 Å². The van der Waals surface area contributed by atoms with Crippen molar-refractivity contribution in [2.24, 2.45) is 0 Å². The number of nitrogens with one attached hydrogen (secondary N) is 1. The summed E-state index contributed by atoms with van der Waals surface area (Å²) < 4.78 is 0. The Kier molecular flexibility index (Phi) is 5.89. The summed E-state index contributed by atoms with van der Waals surface area (Å²) in [7, 11) is 0. The van der Waals surface area contributed by atoms with Crippen molar-refractivity contribution in [3.05, 3.63) is 59.2 Å². The molecule has 3 rings (SSSR count). The summed E-state index contributed by atoms with van der Waals surface area (Å²) in [5.74, 6) is 1.11. The van der Waals surface area contributed by atoms with Crippen LogP contribution < -0.4 is 10.2 Å². The summed E-state index contributed by atoms with van der Waals surface area (Å²) in [6.07, 6.45) is 1.80. The van der Waals surface area contributed by atoms with Crippen molar-refractivity contribution in [3.63, 3.8) is 0 Å². The number of pyridine rings is 1. The molecule has 1 saturated heterocycles. The zero-order valence-electron chi connectivity index (χ0n) is 14.4. The van der Waals surface area contributed by atoms with Crippen LogP contribution in [0.2, 0.25) is 5.02 Å². The number of nitrogens with zero attached hydrogens (tertiary/aromatic N) is 3. The number of anilines is 1. The van der Waals surface area contributed by atoms with Crippen LogP contribution in [0.15, 0.2) is 48.7 Å². The van der Waals surface area contributed by atoms with Gasteiger partial charge >= 0.3 is 0 Å². The van der Waals surface area contributed by atoms with Gasteiger partial charge in [-0.1, -0.05) is 29.8 Å². The molecule has 0 radical (unpaired) electrons. The molecule has 2 aromatic rings. The van der Waals surface area contributed by atoms with Crippen LogP contribution in [0.25, 0.3) is 0 Å². The molecule has 5 nitrogen and oxygen atoms in total. The Morgan fingerprint density at radius 1 is 1.20 bits per heavy atom. The molecule has 6 heteroatoms. The second-order valence-corrected chi connectivity index (χ2v) is 6.65. The zero-order chi connectivity index (χ0) is 17.6. The molecule has 0 saturated carbocycles. The molecule has 1 aromatic carbocycles. The Morgan fingerprint density at radius 3 is 2.68 bits per heavy atom. The van der Waals surface area contributed by atoms with Gasteiger partial charge in [0.25, 0.3) is 0 Å². The van der Waals surface area contributed by atoms with Crippen LogP contribution in [0, 0.1) is 0 Å². The van der Waals surface area contributed by atoms with Crippen molar-refractivity contribution >= 4 is 23.3 Å². The number of benzene rings is 1. The average molecular weight is 359 g/mol. The van der Waals surface area contributed by atoms with Gasteiger partial charge < -0.3 is 15.1 Å². The molecule has 0 bridgehead atoms. The largest absolute Gasteiger partial charge is 0.353 e. The molecular weight excluding hydrogens is 336 g/mol. The fourth-order valence-corrected chi connectivity index (χ4v) is 3.17. The predicted octanol–water partition coefficient (Wildman–Crippen LogP) is 2.73. The Morgan fingerprint density at radius 2 is 2.00 bits per heavy atom. The van der Waals surface area contributed by atoms with Crippen molar-refractivity contribution in [1.29, 1.82) is 0 Å². The normalized spacial score (nSPS) is 15.9.